The van der Waals surface area contributed by atoms with Crippen molar-refractivity contribution in [1.82, 2.24) is 5.32 Å². The SMILES string of the molecule is CCC(CC)NCC1CCCCC1C. The van der Waals surface area contributed by atoms with E-state index < -0.39 is 0 Å². The van der Waals surface area contributed by atoms with Gasteiger partial charge in [-0.05, 0) is 37.6 Å². The highest BCUT2D eigenvalue weighted by Crippen LogP contribution is 2.28. The lowest BCUT2D eigenvalue weighted by molar-refractivity contribution is 0.239. The van der Waals surface area contributed by atoms with E-state index in [2.05, 4.69) is 26.1 Å². The van der Waals surface area contributed by atoms with Crippen molar-refractivity contribution in [3.8, 4) is 0 Å². The molecule has 0 spiro atoms. The summed E-state index contributed by atoms with van der Waals surface area (Å²) in [7, 11) is 0. The highest BCUT2D eigenvalue weighted by atomic mass is 14.9. The largest absolute Gasteiger partial charge is 0.314 e. The number of rotatable bonds is 5. The van der Waals surface area contributed by atoms with Crippen molar-refractivity contribution >= 4 is 0 Å². The molecule has 84 valence electrons. The summed E-state index contributed by atoms with van der Waals surface area (Å²) in [5, 5.41) is 3.72. The van der Waals surface area contributed by atoms with Crippen LogP contribution in [0.3, 0.4) is 0 Å². The lowest BCUT2D eigenvalue weighted by atomic mass is 9.80. The molecule has 0 bridgehead atoms. The zero-order valence-corrected chi connectivity index (χ0v) is 10.2. The molecule has 2 atom stereocenters. The third-order valence-corrected chi connectivity index (χ3v) is 3.94. The molecule has 1 N–H and O–H groups in total. The standard InChI is InChI=1S/C13H27N/c1-4-13(5-2)14-10-12-9-7-6-8-11(12)3/h11-14H,4-10H2,1-3H3. The molecular formula is C13H27N. The highest BCUT2D eigenvalue weighted by Gasteiger charge is 2.21. The number of nitrogens with one attached hydrogen (secondary N) is 1. The predicted octanol–water partition coefficient (Wildman–Crippen LogP) is 3.59. The second kappa shape index (κ2) is 6.44. The van der Waals surface area contributed by atoms with Gasteiger partial charge in [-0.3, -0.25) is 0 Å². The van der Waals surface area contributed by atoms with Crippen LogP contribution in [0.15, 0.2) is 0 Å². The first-order valence-electron chi connectivity index (χ1n) is 6.51. The molecular weight excluding hydrogens is 170 g/mol. The second-order valence-corrected chi connectivity index (χ2v) is 4.94. The van der Waals surface area contributed by atoms with Gasteiger partial charge in [0.05, 0.1) is 0 Å². The van der Waals surface area contributed by atoms with Crippen LogP contribution in [-0.4, -0.2) is 12.6 Å². The van der Waals surface area contributed by atoms with E-state index >= 15 is 0 Å². The van der Waals surface area contributed by atoms with Crippen molar-refractivity contribution in [1.29, 1.82) is 0 Å². The predicted molar refractivity (Wildman–Crippen MR) is 63.5 cm³/mol. The van der Waals surface area contributed by atoms with E-state index in [0.717, 1.165) is 17.9 Å². The third-order valence-electron chi connectivity index (χ3n) is 3.94. The van der Waals surface area contributed by atoms with Gasteiger partial charge in [-0.15, -0.1) is 0 Å². The summed E-state index contributed by atoms with van der Waals surface area (Å²) >= 11 is 0. The zero-order chi connectivity index (χ0) is 10.4. The maximum absolute atomic E-state index is 3.72. The maximum atomic E-state index is 3.72. The number of hydrogen-bond donors (Lipinski definition) is 1. The van der Waals surface area contributed by atoms with Crippen LogP contribution in [0, 0.1) is 11.8 Å². The molecule has 2 unspecified atom stereocenters. The molecule has 14 heavy (non-hydrogen) atoms. The molecule has 1 fully saturated rings. The monoisotopic (exact) mass is 197 g/mol. The molecule has 0 saturated heterocycles. The summed E-state index contributed by atoms with van der Waals surface area (Å²) in [6, 6.07) is 0.754. The van der Waals surface area contributed by atoms with Gasteiger partial charge in [0.25, 0.3) is 0 Å². The molecule has 1 aliphatic rings. The Balaban J connectivity index is 2.21. The Morgan fingerprint density at radius 2 is 1.79 bits per heavy atom. The van der Waals surface area contributed by atoms with Crippen LogP contribution in [0.4, 0.5) is 0 Å². The van der Waals surface area contributed by atoms with Crippen molar-refractivity contribution in [3.05, 3.63) is 0 Å². The first-order chi connectivity index (χ1) is 6.77. The summed E-state index contributed by atoms with van der Waals surface area (Å²) in [6.45, 7) is 8.25. The first-order valence-corrected chi connectivity index (χ1v) is 6.51. The minimum absolute atomic E-state index is 0.754. The Kier molecular flexibility index (Phi) is 5.54. The second-order valence-electron chi connectivity index (χ2n) is 4.94. The molecule has 1 nitrogen and oxygen atoms in total. The lowest BCUT2D eigenvalue weighted by Gasteiger charge is -2.30. The Bertz CT molecular complexity index is 140. The summed E-state index contributed by atoms with van der Waals surface area (Å²) in [6.07, 6.45) is 8.38. The molecule has 0 aromatic rings. The molecule has 1 saturated carbocycles. The van der Waals surface area contributed by atoms with E-state index in [1.165, 1.54) is 45.1 Å². The van der Waals surface area contributed by atoms with Gasteiger partial charge in [0.2, 0.25) is 0 Å². The molecule has 0 radical (unpaired) electrons. The average Bonchev–Trinajstić information content (AvgIpc) is 2.22. The quantitative estimate of drug-likeness (QED) is 0.710. The smallest absolute Gasteiger partial charge is 0.00619 e. The Hall–Kier alpha value is -0.0400. The molecule has 0 amide bonds. The fraction of sp³-hybridized carbons (Fsp3) is 1.00. The molecule has 1 aliphatic carbocycles. The van der Waals surface area contributed by atoms with Gasteiger partial charge in [-0.25, -0.2) is 0 Å². The van der Waals surface area contributed by atoms with Gasteiger partial charge in [0.1, 0.15) is 0 Å². The highest BCUT2D eigenvalue weighted by molar-refractivity contribution is 4.75. The van der Waals surface area contributed by atoms with Crippen LogP contribution in [0.1, 0.15) is 59.3 Å². The molecule has 0 heterocycles. The third kappa shape index (κ3) is 3.61. The number of hydrogen-bond acceptors (Lipinski definition) is 1. The van der Waals surface area contributed by atoms with Crippen molar-refractivity contribution < 1.29 is 0 Å². The molecule has 1 rings (SSSR count). The van der Waals surface area contributed by atoms with Gasteiger partial charge in [-0.1, -0.05) is 40.0 Å². The zero-order valence-electron chi connectivity index (χ0n) is 10.2. The van der Waals surface area contributed by atoms with Crippen LogP contribution in [0.2, 0.25) is 0 Å². The minimum Gasteiger partial charge on any atom is -0.314 e. The topological polar surface area (TPSA) is 12.0 Å². The van der Waals surface area contributed by atoms with Crippen molar-refractivity contribution in [3.63, 3.8) is 0 Å². The van der Waals surface area contributed by atoms with Crippen LogP contribution in [-0.2, 0) is 0 Å². The van der Waals surface area contributed by atoms with Crippen molar-refractivity contribution in [2.24, 2.45) is 11.8 Å². The average molecular weight is 197 g/mol. The van der Waals surface area contributed by atoms with E-state index in [4.69, 9.17) is 0 Å². The van der Waals surface area contributed by atoms with E-state index in [1.54, 1.807) is 0 Å². The summed E-state index contributed by atoms with van der Waals surface area (Å²) < 4.78 is 0. The van der Waals surface area contributed by atoms with Gasteiger partial charge >= 0.3 is 0 Å². The van der Waals surface area contributed by atoms with Gasteiger partial charge < -0.3 is 5.32 Å². The van der Waals surface area contributed by atoms with E-state index in [9.17, 15) is 0 Å². The molecule has 0 aromatic carbocycles. The van der Waals surface area contributed by atoms with Crippen LogP contribution in [0.5, 0.6) is 0 Å². The minimum atomic E-state index is 0.754. The van der Waals surface area contributed by atoms with E-state index in [-0.39, 0.29) is 0 Å². The summed E-state index contributed by atoms with van der Waals surface area (Å²) in [4.78, 5) is 0. The van der Waals surface area contributed by atoms with Crippen LogP contribution < -0.4 is 5.32 Å². The van der Waals surface area contributed by atoms with Crippen LogP contribution in [0.25, 0.3) is 0 Å². The Morgan fingerprint density at radius 3 is 2.36 bits per heavy atom. The summed E-state index contributed by atoms with van der Waals surface area (Å²) in [5.41, 5.74) is 0. The fourth-order valence-corrected chi connectivity index (χ4v) is 2.59. The Labute approximate surface area is 89.7 Å². The summed E-state index contributed by atoms with van der Waals surface area (Å²) in [5.74, 6) is 1.90. The maximum Gasteiger partial charge on any atom is 0.00619 e. The first kappa shape index (κ1) is 12.0. The van der Waals surface area contributed by atoms with Crippen molar-refractivity contribution in [2.45, 2.75) is 65.3 Å². The van der Waals surface area contributed by atoms with Gasteiger partial charge in [0, 0.05) is 6.04 Å². The van der Waals surface area contributed by atoms with E-state index in [1.807, 2.05) is 0 Å². The van der Waals surface area contributed by atoms with Gasteiger partial charge in [-0.2, -0.15) is 0 Å². The molecule has 1 heteroatoms. The van der Waals surface area contributed by atoms with Crippen LogP contribution >= 0.6 is 0 Å². The molecule has 0 aliphatic heterocycles. The van der Waals surface area contributed by atoms with E-state index in [0.29, 0.717) is 0 Å². The van der Waals surface area contributed by atoms with Crippen molar-refractivity contribution in [2.75, 3.05) is 6.54 Å². The normalized spacial score (nSPS) is 28.3. The van der Waals surface area contributed by atoms with Gasteiger partial charge in [0.15, 0.2) is 0 Å². The Morgan fingerprint density at radius 1 is 1.14 bits per heavy atom. The lowest BCUT2D eigenvalue weighted by Crippen LogP contribution is -2.35. The molecule has 0 aromatic heterocycles. The fourth-order valence-electron chi connectivity index (χ4n) is 2.59.